The number of anilines is 1. The summed E-state index contributed by atoms with van der Waals surface area (Å²) in [4.78, 5) is 38.8. The highest BCUT2D eigenvalue weighted by Gasteiger charge is 2.28. The highest BCUT2D eigenvalue weighted by Crippen LogP contribution is 2.31. The van der Waals surface area contributed by atoms with Gasteiger partial charge in [0.2, 0.25) is 5.91 Å². The Morgan fingerprint density at radius 1 is 1.16 bits per heavy atom. The number of carbonyl (C=O) groups is 3. The van der Waals surface area contributed by atoms with Gasteiger partial charge in [0.15, 0.2) is 12.4 Å². The van der Waals surface area contributed by atoms with Crippen LogP contribution in [0, 0.1) is 5.92 Å². The molecule has 0 atom stereocenters. The standard InChI is InChI=1S/C25H26N2O5/c1-2-31-20-7-3-17(4-8-20)5-10-24(29)27-13-11-18(12-14-27)25(30)19-6-9-22-21(15-19)26-23(28)16-32-22/h3-10,15,18H,2,11-14,16H2,1H3,(H,26,28)/b10-5+. The molecule has 2 heterocycles. The maximum absolute atomic E-state index is 12.9. The van der Waals surface area contributed by atoms with Gasteiger partial charge in [-0.15, -0.1) is 0 Å². The van der Waals surface area contributed by atoms with Crippen LogP contribution in [0.15, 0.2) is 48.5 Å². The van der Waals surface area contributed by atoms with E-state index in [-0.39, 0.29) is 30.1 Å². The van der Waals surface area contributed by atoms with E-state index in [0.29, 0.717) is 49.5 Å². The van der Waals surface area contributed by atoms with Crippen LogP contribution in [0.2, 0.25) is 0 Å². The molecule has 0 bridgehead atoms. The van der Waals surface area contributed by atoms with Crippen LogP contribution < -0.4 is 14.8 Å². The molecule has 0 aromatic heterocycles. The van der Waals surface area contributed by atoms with Gasteiger partial charge in [-0.2, -0.15) is 0 Å². The number of hydrogen-bond acceptors (Lipinski definition) is 5. The van der Waals surface area contributed by atoms with Gasteiger partial charge in [0.25, 0.3) is 5.91 Å². The number of likely N-dealkylation sites (tertiary alicyclic amines) is 1. The summed E-state index contributed by atoms with van der Waals surface area (Å²) in [5, 5.41) is 2.73. The smallest absolute Gasteiger partial charge is 0.262 e. The van der Waals surface area contributed by atoms with E-state index in [9.17, 15) is 14.4 Å². The third kappa shape index (κ3) is 4.99. The number of Topliss-reactive ketones (excluding diaryl/α,β-unsaturated/α-hetero) is 1. The molecule has 0 radical (unpaired) electrons. The van der Waals surface area contributed by atoms with Crippen molar-refractivity contribution >= 4 is 29.4 Å². The van der Waals surface area contributed by atoms with Crippen LogP contribution in [0.5, 0.6) is 11.5 Å². The van der Waals surface area contributed by atoms with Gasteiger partial charge in [0, 0.05) is 30.6 Å². The summed E-state index contributed by atoms with van der Waals surface area (Å²) in [6, 6.07) is 12.7. The van der Waals surface area contributed by atoms with Crippen LogP contribution in [0.1, 0.15) is 35.7 Å². The molecule has 1 saturated heterocycles. The summed E-state index contributed by atoms with van der Waals surface area (Å²) < 4.78 is 10.8. The third-order valence-corrected chi connectivity index (χ3v) is 5.68. The van der Waals surface area contributed by atoms with Gasteiger partial charge in [-0.1, -0.05) is 12.1 Å². The number of rotatable bonds is 6. The summed E-state index contributed by atoms with van der Waals surface area (Å²) in [5.41, 5.74) is 2.00. The number of benzene rings is 2. The summed E-state index contributed by atoms with van der Waals surface area (Å²) in [7, 11) is 0. The Labute approximate surface area is 187 Å². The first-order chi connectivity index (χ1) is 15.5. The summed E-state index contributed by atoms with van der Waals surface area (Å²) in [6.45, 7) is 3.61. The van der Waals surface area contributed by atoms with Crippen molar-refractivity contribution in [1.29, 1.82) is 0 Å². The number of hydrogen-bond donors (Lipinski definition) is 1. The highest BCUT2D eigenvalue weighted by molar-refractivity contribution is 6.02. The zero-order valence-electron chi connectivity index (χ0n) is 18.0. The average Bonchev–Trinajstić information content (AvgIpc) is 2.82. The van der Waals surface area contributed by atoms with Gasteiger partial charge in [0.05, 0.1) is 12.3 Å². The first kappa shape index (κ1) is 21.6. The quantitative estimate of drug-likeness (QED) is 0.555. The first-order valence-corrected chi connectivity index (χ1v) is 10.8. The number of fused-ring (bicyclic) bond motifs is 1. The van der Waals surface area contributed by atoms with E-state index < -0.39 is 0 Å². The molecule has 4 rings (SSSR count). The Morgan fingerprint density at radius 3 is 2.62 bits per heavy atom. The Hall–Kier alpha value is -3.61. The number of amides is 2. The van der Waals surface area contributed by atoms with Crippen molar-refractivity contribution in [3.05, 3.63) is 59.7 Å². The van der Waals surface area contributed by atoms with Gasteiger partial charge in [-0.25, -0.2) is 0 Å². The molecule has 32 heavy (non-hydrogen) atoms. The molecular formula is C25H26N2O5. The summed E-state index contributed by atoms with van der Waals surface area (Å²) >= 11 is 0. The number of ether oxygens (including phenoxy) is 2. The normalized spacial score (nSPS) is 16.3. The fraction of sp³-hybridized carbons (Fsp3) is 0.320. The van der Waals surface area contributed by atoms with Crippen LogP contribution in [-0.2, 0) is 9.59 Å². The molecule has 0 unspecified atom stereocenters. The van der Waals surface area contributed by atoms with E-state index in [1.165, 1.54) is 0 Å². The minimum Gasteiger partial charge on any atom is -0.494 e. The van der Waals surface area contributed by atoms with E-state index in [4.69, 9.17) is 9.47 Å². The van der Waals surface area contributed by atoms with Gasteiger partial charge >= 0.3 is 0 Å². The second kappa shape index (κ2) is 9.68. The largest absolute Gasteiger partial charge is 0.494 e. The Kier molecular flexibility index (Phi) is 6.54. The molecule has 7 heteroatoms. The fourth-order valence-corrected chi connectivity index (χ4v) is 3.95. The number of carbonyl (C=O) groups excluding carboxylic acids is 3. The van der Waals surface area contributed by atoms with Gasteiger partial charge in [-0.05, 0) is 61.7 Å². The maximum atomic E-state index is 12.9. The maximum Gasteiger partial charge on any atom is 0.262 e. The summed E-state index contributed by atoms with van der Waals surface area (Å²) in [5.74, 6) is 0.972. The third-order valence-electron chi connectivity index (χ3n) is 5.68. The Morgan fingerprint density at radius 2 is 1.91 bits per heavy atom. The molecule has 2 aromatic rings. The van der Waals surface area contributed by atoms with Crippen LogP contribution in [0.4, 0.5) is 5.69 Å². The van der Waals surface area contributed by atoms with Crippen LogP contribution in [-0.4, -0.2) is 48.8 Å². The highest BCUT2D eigenvalue weighted by atomic mass is 16.5. The zero-order chi connectivity index (χ0) is 22.5. The molecule has 0 spiro atoms. The zero-order valence-corrected chi connectivity index (χ0v) is 18.0. The minimum absolute atomic E-state index is 0.0141. The molecule has 1 fully saturated rings. The van der Waals surface area contributed by atoms with Crippen molar-refractivity contribution in [3.8, 4) is 11.5 Å². The van der Waals surface area contributed by atoms with Crippen LogP contribution >= 0.6 is 0 Å². The number of ketones is 1. The molecule has 2 amide bonds. The predicted octanol–water partition coefficient (Wildman–Crippen LogP) is 3.55. The van der Waals surface area contributed by atoms with Crippen molar-refractivity contribution < 1.29 is 23.9 Å². The lowest BCUT2D eigenvalue weighted by atomic mass is 9.88. The number of nitrogens with one attached hydrogen (secondary N) is 1. The molecule has 166 valence electrons. The Bertz CT molecular complexity index is 1040. The average molecular weight is 434 g/mol. The van der Waals surface area contributed by atoms with Crippen LogP contribution in [0.25, 0.3) is 6.08 Å². The van der Waals surface area contributed by atoms with Crippen LogP contribution in [0.3, 0.4) is 0 Å². The van der Waals surface area contributed by atoms with E-state index in [1.807, 2.05) is 31.2 Å². The topological polar surface area (TPSA) is 84.9 Å². The molecule has 7 nitrogen and oxygen atoms in total. The monoisotopic (exact) mass is 434 g/mol. The summed E-state index contributed by atoms with van der Waals surface area (Å²) in [6.07, 6.45) is 4.59. The van der Waals surface area contributed by atoms with E-state index in [1.54, 1.807) is 35.3 Å². The molecular weight excluding hydrogens is 408 g/mol. The molecule has 2 aliphatic heterocycles. The molecule has 1 N–H and O–H groups in total. The number of nitrogens with zero attached hydrogens (tertiary/aromatic N) is 1. The fourth-order valence-electron chi connectivity index (χ4n) is 3.95. The molecule has 0 aliphatic carbocycles. The molecule has 2 aromatic carbocycles. The first-order valence-electron chi connectivity index (χ1n) is 10.8. The van der Waals surface area contributed by atoms with Crippen molar-refractivity contribution in [1.82, 2.24) is 4.90 Å². The van der Waals surface area contributed by atoms with Gasteiger partial charge < -0.3 is 19.7 Å². The van der Waals surface area contributed by atoms with Crippen molar-refractivity contribution in [2.45, 2.75) is 19.8 Å². The van der Waals surface area contributed by atoms with Crippen molar-refractivity contribution in [2.75, 3.05) is 31.6 Å². The lowest BCUT2D eigenvalue weighted by Gasteiger charge is -2.30. The lowest BCUT2D eigenvalue weighted by molar-refractivity contribution is -0.127. The van der Waals surface area contributed by atoms with Crippen molar-refractivity contribution in [3.63, 3.8) is 0 Å². The van der Waals surface area contributed by atoms with Gasteiger partial charge in [-0.3, -0.25) is 14.4 Å². The SMILES string of the molecule is CCOc1ccc(/C=C/C(=O)N2CCC(C(=O)c3ccc4c(c3)NC(=O)CO4)CC2)cc1. The van der Waals surface area contributed by atoms with Crippen molar-refractivity contribution in [2.24, 2.45) is 5.92 Å². The second-order valence-corrected chi connectivity index (χ2v) is 7.85. The second-order valence-electron chi connectivity index (χ2n) is 7.85. The molecule has 0 saturated carbocycles. The van der Waals surface area contributed by atoms with Gasteiger partial charge in [0.1, 0.15) is 11.5 Å². The Balaban J connectivity index is 1.31. The minimum atomic E-state index is -0.229. The molecule has 2 aliphatic rings. The van der Waals surface area contributed by atoms with E-state index in [0.717, 1.165) is 11.3 Å². The lowest BCUT2D eigenvalue weighted by Crippen LogP contribution is -2.39. The van der Waals surface area contributed by atoms with E-state index in [2.05, 4.69) is 5.32 Å². The number of piperidine rings is 1. The predicted molar refractivity (Wildman–Crippen MR) is 121 cm³/mol. The van der Waals surface area contributed by atoms with E-state index >= 15 is 0 Å².